The van der Waals surface area contributed by atoms with Crippen molar-refractivity contribution < 1.29 is 14.3 Å². The lowest BCUT2D eigenvalue weighted by molar-refractivity contribution is 0.0728. The molecular formula is C19H22O3. The fourth-order valence-electron chi connectivity index (χ4n) is 2.18. The summed E-state index contributed by atoms with van der Waals surface area (Å²) in [6.07, 6.45) is 3.21. The molecule has 0 N–H and O–H groups in total. The van der Waals surface area contributed by atoms with E-state index in [0.717, 1.165) is 24.8 Å². The van der Waals surface area contributed by atoms with Gasteiger partial charge < -0.3 is 9.47 Å². The predicted molar refractivity (Wildman–Crippen MR) is 87.6 cm³/mol. The van der Waals surface area contributed by atoms with Gasteiger partial charge >= 0.3 is 5.97 Å². The van der Waals surface area contributed by atoms with Crippen molar-refractivity contribution in [3.05, 3.63) is 59.7 Å². The van der Waals surface area contributed by atoms with E-state index in [1.165, 1.54) is 0 Å². The molecule has 0 heterocycles. The molecule has 0 saturated heterocycles. The molecule has 0 aromatic heterocycles. The third kappa shape index (κ3) is 4.35. The third-order valence-corrected chi connectivity index (χ3v) is 3.34. The average molecular weight is 298 g/mol. The average Bonchev–Trinajstić information content (AvgIpc) is 2.56. The Morgan fingerprint density at radius 2 is 1.77 bits per heavy atom. The molecule has 116 valence electrons. The van der Waals surface area contributed by atoms with Crippen molar-refractivity contribution in [3.8, 4) is 11.5 Å². The third-order valence-electron chi connectivity index (χ3n) is 3.34. The molecule has 22 heavy (non-hydrogen) atoms. The minimum atomic E-state index is -0.366. The van der Waals surface area contributed by atoms with Crippen molar-refractivity contribution in [2.24, 2.45) is 0 Å². The highest BCUT2D eigenvalue weighted by molar-refractivity contribution is 5.91. The Balaban J connectivity index is 2.20. The van der Waals surface area contributed by atoms with Crippen LogP contribution in [0.25, 0.3) is 0 Å². The molecule has 0 bridgehead atoms. The Morgan fingerprint density at radius 3 is 2.45 bits per heavy atom. The second kappa shape index (κ2) is 8.23. The number of carbonyl (C=O) groups is 1. The maximum absolute atomic E-state index is 12.2. The number of hydrogen-bond acceptors (Lipinski definition) is 3. The molecule has 0 aliphatic carbocycles. The van der Waals surface area contributed by atoms with Crippen molar-refractivity contribution in [1.82, 2.24) is 0 Å². The van der Waals surface area contributed by atoms with E-state index in [1.54, 1.807) is 12.1 Å². The van der Waals surface area contributed by atoms with Crippen LogP contribution >= 0.6 is 0 Å². The summed E-state index contributed by atoms with van der Waals surface area (Å²) in [5, 5.41) is 0. The lowest BCUT2D eigenvalue weighted by atomic mass is 10.1. The second-order valence-electron chi connectivity index (χ2n) is 5.07. The summed E-state index contributed by atoms with van der Waals surface area (Å²) in [7, 11) is 0. The van der Waals surface area contributed by atoms with Crippen LogP contribution in [0.15, 0.2) is 48.5 Å². The monoisotopic (exact) mass is 298 g/mol. The van der Waals surface area contributed by atoms with Crippen molar-refractivity contribution in [2.75, 3.05) is 6.61 Å². The normalized spacial score (nSPS) is 10.3. The highest BCUT2D eigenvalue weighted by Gasteiger charge is 2.13. The quantitative estimate of drug-likeness (QED) is 0.551. The smallest absolute Gasteiger partial charge is 0.343 e. The van der Waals surface area contributed by atoms with Gasteiger partial charge in [0.25, 0.3) is 0 Å². The van der Waals surface area contributed by atoms with Crippen LogP contribution in [-0.4, -0.2) is 12.6 Å². The lowest BCUT2D eigenvalue weighted by Crippen LogP contribution is -2.09. The van der Waals surface area contributed by atoms with Gasteiger partial charge in [0, 0.05) is 0 Å². The largest absolute Gasteiger partial charge is 0.490 e. The number of hydrogen-bond donors (Lipinski definition) is 0. The van der Waals surface area contributed by atoms with E-state index in [-0.39, 0.29) is 5.97 Å². The van der Waals surface area contributed by atoms with Crippen LogP contribution in [0, 0.1) is 0 Å². The lowest BCUT2D eigenvalue weighted by Gasteiger charge is -2.12. The molecule has 0 saturated carbocycles. The van der Waals surface area contributed by atoms with E-state index in [4.69, 9.17) is 9.47 Å². The molecule has 0 aliphatic heterocycles. The van der Waals surface area contributed by atoms with E-state index in [9.17, 15) is 4.79 Å². The number of unbranched alkanes of at least 4 members (excludes halogenated alkanes) is 1. The summed E-state index contributed by atoms with van der Waals surface area (Å²) >= 11 is 0. The molecule has 2 aromatic rings. The molecule has 2 aromatic carbocycles. The minimum Gasteiger partial charge on any atom is -0.490 e. The van der Waals surface area contributed by atoms with E-state index < -0.39 is 0 Å². The molecular weight excluding hydrogens is 276 g/mol. The van der Waals surface area contributed by atoms with Crippen LogP contribution in [0.5, 0.6) is 11.5 Å². The summed E-state index contributed by atoms with van der Waals surface area (Å²) < 4.78 is 11.1. The summed E-state index contributed by atoms with van der Waals surface area (Å²) in [4.78, 5) is 12.2. The molecule has 0 aliphatic rings. The van der Waals surface area contributed by atoms with Gasteiger partial charge in [0.2, 0.25) is 0 Å². The van der Waals surface area contributed by atoms with Crippen LogP contribution in [0.4, 0.5) is 0 Å². The first-order valence-corrected chi connectivity index (χ1v) is 7.77. The van der Waals surface area contributed by atoms with Crippen LogP contribution in [0.3, 0.4) is 0 Å². The standard InChI is InChI=1S/C19H22O3/c1-3-5-9-15-12-13-17(21-4-2)18(14-15)22-19(20)16-10-7-6-8-11-16/h6-8,10-14H,3-5,9H2,1-2H3. The highest BCUT2D eigenvalue weighted by Crippen LogP contribution is 2.30. The minimum absolute atomic E-state index is 0.366. The second-order valence-corrected chi connectivity index (χ2v) is 5.07. The van der Waals surface area contributed by atoms with Crippen LogP contribution in [0.1, 0.15) is 42.6 Å². The van der Waals surface area contributed by atoms with Gasteiger partial charge in [0.1, 0.15) is 0 Å². The molecule has 0 unspecified atom stereocenters. The van der Waals surface area contributed by atoms with E-state index in [1.807, 2.05) is 43.3 Å². The van der Waals surface area contributed by atoms with Gasteiger partial charge in [-0.15, -0.1) is 0 Å². The van der Waals surface area contributed by atoms with Crippen molar-refractivity contribution in [2.45, 2.75) is 33.1 Å². The van der Waals surface area contributed by atoms with Gasteiger partial charge in [-0.3, -0.25) is 0 Å². The van der Waals surface area contributed by atoms with Gasteiger partial charge in [-0.2, -0.15) is 0 Å². The zero-order valence-electron chi connectivity index (χ0n) is 13.2. The summed E-state index contributed by atoms with van der Waals surface area (Å²) in [5.74, 6) is 0.727. The highest BCUT2D eigenvalue weighted by atomic mass is 16.6. The fourth-order valence-corrected chi connectivity index (χ4v) is 2.18. The topological polar surface area (TPSA) is 35.5 Å². The van der Waals surface area contributed by atoms with Gasteiger partial charge in [-0.05, 0) is 49.6 Å². The first-order valence-electron chi connectivity index (χ1n) is 7.77. The van der Waals surface area contributed by atoms with Crippen molar-refractivity contribution in [3.63, 3.8) is 0 Å². The van der Waals surface area contributed by atoms with Crippen LogP contribution in [0.2, 0.25) is 0 Å². The summed E-state index contributed by atoms with van der Waals surface area (Å²) in [6.45, 7) is 4.60. The molecule has 3 nitrogen and oxygen atoms in total. The van der Waals surface area contributed by atoms with Crippen molar-refractivity contribution in [1.29, 1.82) is 0 Å². The number of rotatable bonds is 7. The molecule has 2 rings (SSSR count). The number of aryl methyl sites for hydroxylation is 1. The first kappa shape index (κ1) is 16.1. The van der Waals surface area contributed by atoms with Gasteiger partial charge in [-0.25, -0.2) is 4.79 Å². The number of ether oxygens (including phenoxy) is 2. The van der Waals surface area contributed by atoms with E-state index in [2.05, 4.69) is 6.92 Å². The molecule has 0 atom stereocenters. The van der Waals surface area contributed by atoms with Crippen molar-refractivity contribution >= 4 is 5.97 Å². The molecule has 3 heteroatoms. The molecule has 0 radical (unpaired) electrons. The zero-order chi connectivity index (χ0) is 15.8. The summed E-state index contributed by atoms with van der Waals surface area (Å²) in [6, 6.07) is 14.8. The predicted octanol–water partition coefficient (Wildman–Crippen LogP) is 4.65. The number of carbonyl (C=O) groups excluding carboxylic acids is 1. The van der Waals surface area contributed by atoms with Crippen LogP contribution < -0.4 is 9.47 Å². The summed E-state index contributed by atoms with van der Waals surface area (Å²) in [5.41, 5.74) is 1.69. The van der Waals surface area contributed by atoms with Gasteiger partial charge in [0.05, 0.1) is 12.2 Å². The zero-order valence-corrected chi connectivity index (χ0v) is 13.2. The Morgan fingerprint density at radius 1 is 1.00 bits per heavy atom. The van der Waals surface area contributed by atoms with E-state index >= 15 is 0 Å². The fraction of sp³-hybridized carbons (Fsp3) is 0.316. The Labute approximate surface area is 131 Å². The Hall–Kier alpha value is -2.29. The SMILES string of the molecule is CCCCc1ccc(OCC)c(OC(=O)c2ccccc2)c1. The molecule has 0 fully saturated rings. The maximum Gasteiger partial charge on any atom is 0.343 e. The van der Waals surface area contributed by atoms with Crippen LogP contribution in [-0.2, 0) is 6.42 Å². The molecule has 0 amide bonds. The van der Waals surface area contributed by atoms with Gasteiger partial charge in [0.15, 0.2) is 11.5 Å². The Bertz CT molecular complexity index is 605. The first-order chi connectivity index (χ1) is 10.7. The van der Waals surface area contributed by atoms with E-state index in [0.29, 0.717) is 23.7 Å². The maximum atomic E-state index is 12.2. The van der Waals surface area contributed by atoms with Gasteiger partial charge in [-0.1, -0.05) is 37.6 Å². The number of benzene rings is 2. The Kier molecular flexibility index (Phi) is 6.01. The molecule has 0 spiro atoms. The number of esters is 1.